The van der Waals surface area contributed by atoms with Crippen LogP contribution >= 0.6 is 0 Å². The molecule has 1 heteroatoms. The Hall–Kier alpha value is -0.0400. The first kappa shape index (κ1) is 9.21. The third-order valence-corrected chi connectivity index (χ3v) is 5.67. The molecule has 0 aromatic carbocycles. The van der Waals surface area contributed by atoms with E-state index in [2.05, 4.69) is 25.7 Å². The van der Waals surface area contributed by atoms with Crippen LogP contribution in [0.5, 0.6) is 0 Å². The fraction of sp³-hybridized carbons (Fsp3) is 1.00. The van der Waals surface area contributed by atoms with Gasteiger partial charge in [-0.3, -0.25) is 0 Å². The van der Waals surface area contributed by atoms with Gasteiger partial charge in [-0.05, 0) is 55.5 Å². The summed E-state index contributed by atoms with van der Waals surface area (Å²) >= 11 is 0. The Bertz CT molecular complexity index is 246. The van der Waals surface area contributed by atoms with Gasteiger partial charge in [0.05, 0.1) is 0 Å². The molecular formula is C13H23N. The van der Waals surface area contributed by atoms with Crippen molar-refractivity contribution in [1.82, 2.24) is 4.90 Å². The normalized spacial score (nSPS) is 53.1. The van der Waals surface area contributed by atoms with Crippen LogP contribution in [0, 0.1) is 23.2 Å². The van der Waals surface area contributed by atoms with Gasteiger partial charge in [0.15, 0.2) is 0 Å². The van der Waals surface area contributed by atoms with Crippen LogP contribution in [0.2, 0.25) is 0 Å². The molecular weight excluding hydrogens is 170 g/mol. The summed E-state index contributed by atoms with van der Waals surface area (Å²) in [5.41, 5.74) is 0.845. The van der Waals surface area contributed by atoms with Crippen LogP contribution in [0.3, 0.4) is 0 Å². The summed E-state index contributed by atoms with van der Waals surface area (Å²) in [6.45, 7) is 9.60. The van der Waals surface area contributed by atoms with Crippen molar-refractivity contribution in [2.24, 2.45) is 23.2 Å². The second-order valence-corrected chi connectivity index (χ2v) is 5.63. The summed E-state index contributed by atoms with van der Waals surface area (Å²) in [4.78, 5) is 2.74. The zero-order valence-corrected chi connectivity index (χ0v) is 9.79. The van der Waals surface area contributed by atoms with Crippen molar-refractivity contribution in [3.63, 3.8) is 0 Å². The Balaban J connectivity index is 1.81. The zero-order valence-electron chi connectivity index (χ0n) is 9.79. The van der Waals surface area contributed by atoms with Gasteiger partial charge in [-0.15, -0.1) is 0 Å². The Kier molecular flexibility index (Phi) is 1.81. The maximum absolute atomic E-state index is 2.74. The molecule has 0 radical (unpaired) electrons. The maximum atomic E-state index is 2.74. The smallest absolute Gasteiger partial charge is 0.0160 e. The van der Waals surface area contributed by atoms with Gasteiger partial charge in [0.2, 0.25) is 0 Å². The van der Waals surface area contributed by atoms with Gasteiger partial charge in [0, 0.05) is 6.04 Å². The van der Waals surface area contributed by atoms with Crippen LogP contribution in [-0.2, 0) is 0 Å². The molecule has 0 amide bonds. The van der Waals surface area contributed by atoms with E-state index < -0.39 is 0 Å². The molecule has 4 aliphatic carbocycles. The predicted molar refractivity (Wildman–Crippen MR) is 59.1 cm³/mol. The number of hydrogen-bond acceptors (Lipinski definition) is 1. The maximum Gasteiger partial charge on any atom is 0.0160 e. The molecule has 4 saturated carbocycles. The van der Waals surface area contributed by atoms with E-state index in [0.29, 0.717) is 0 Å². The van der Waals surface area contributed by atoms with Crippen LogP contribution in [0.25, 0.3) is 0 Å². The molecule has 4 aliphatic rings. The third-order valence-electron chi connectivity index (χ3n) is 5.67. The minimum atomic E-state index is 0.845. The lowest BCUT2D eigenvalue weighted by atomic mass is 10.0. The van der Waals surface area contributed by atoms with Crippen molar-refractivity contribution in [1.29, 1.82) is 0 Å². The molecule has 0 heterocycles. The highest BCUT2D eigenvalue weighted by molar-refractivity contribution is 5.27. The first-order valence-electron chi connectivity index (χ1n) is 6.52. The largest absolute Gasteiger partial charge is 0.300 e. The predicted octanol–water partition coefficient (Wildman–Crippen LogP) is 2.76. The zero-order chi connectivity index (χ0) is 9.92. The quantitative estimate of drug-likeness (QED) is 0.663. The van der Waals surface area contributed by atoms with Gasteiger partial charge in [-0.1, -0.05) is 20.8 Å². The van der Waals surface area contributed by atoms with Crippen molar-refractivity contribution in [2.45, 2.75) is 46.1 Å². The van der Waals surface area contributed by atoms with Crippen molar-refractivity contribution >= 4 is 0 Å². The summed E-state index contributed by atoms with van der Waals surface area (Å²) in [5.74, 6) is 3.32. The van der Waals surface area contributed by atoms with Crippen LogP contribution in [0.15, 0.2) is 0 Å². The summed E-state index contributed by atoms with van der Waals surface area (Å²) in [6.07, 6.45) is 4.59. The van der Waals surface area contributed by atoms with Crippen molar-refractivity contribution in [3.8, 4) is 0 Å². The first-order chi connectivity index (χ1) is 6.78. The van der Waals surface area contributed by atoms with Crippen molar-refractivity contribution in [3.05, 3.63) is 0 Å². The SMILES string of the molecule is CCN(CC)[C@@H]1[C@H]2C[C@H]3[C@H]1[C@@]3(CC)C2. The molecule has 0 aromatic rings. The molecule has 4 rings (SSSR count). The van der Waals surface area contributed by atoms with Gasteiger partial charge in [0.1, 0.15) is 0 Å². The van der Waals surface area contributed by atoms with Crippen LogP contribution in [-0.4, -0.2) is 24.0 Å². The summed E-state index contributed by atoms with van der Waals surface area (Å²) in [5, 5.41) is 0. The molecule has 14 heavy (non-hydrogen) atoms. The monoisotopic (exact) mass is 193 g/mol. The molecule has 0 unspecified atom stereocenters. The Morgan fingerprint density at radius 3 is 2.36 bits per heavy atom. The van der Waals surface area contributed by atoms with E-state index in [0.717, 1.165) is 29.2 Å². The van der Waals surface area contributed by atoms with Gasteiger partial charge >= 0.3 is 0 Å². The second kappa shape index (κ2) is 2.75. The van der Waals surface area contributed by atoms with Crippen LogP contribution < -0.4 is 0 Å². The second-order valence-electron chi connectivity index (χ2n) is 5.63. The van der Waals surface area contributed by atoms with E-state index in [1.807, 2.05) is 0 Å². The van der Waals surface area contributed by atoms with E-state index >= 15 is 0 Å². The lowest BCUT2D eigenvalue weighted by molar-refractivity contribution is 0.177. The summed E-state index contributed by atoms with van der Waals surface area (Å²) in [7, 11) is 0. The molecule has 4 fully saturated rings. The van der Waals surface area contributed by atoms with E-state index in [1.165, 1.54) is 19.5 Å². The van der Waals surface area contributed by atoms with E-state index in [4.69, 9.17) is 0 Å². The fourth-order valence-corrected chi connectivity index (χ4v) is 5.12. The van der Waals surface area contributed by atoms with Crippen LogP contribution in [0.1, 0.15) is 40.0 Å². The molecule has 4 bridgehead atoms. The van der Waals surface area contributed by atoms with Gasteiger partial charge in [-0.25, -0.2) is 0 Å². The number of nitrogens with zero attached hydrogens (tertiary/aromatic N) is 1. The molecule has 0 N–H and O–H groups in total. The van der Waals surface area contributed by atoms with E-state index in [-0.39, 0.29) is 0 Å². The molecule has 1 nitrogen and oxygen atoms in total. The van der Waals surface area contributed by atoms with Gasteiger partial charge < -0.3 is 4.90 Å². The average Bonchev–Trinajstić information content (AvgIpc) is 2.65. The van der Waals surface area contributed by atoms with Crippen LogP contribution in [0.4, 0.5) is 0 Å². The number of rotatable bonds is 4. The summed E-state index contributed by atoms with van der Waals surface area (Å²) < 4.78 is 0. The fourth-order valence-electron chi connectivity index (χ4n) is 5.12. The molecule has 5 atom stereocenters. The lowest BCUT2D eigenvalue weighted by Gasteiger charge is -2.29. The highest BCUT2D eigenvalue weighted by atomic mass is 15.2. The Morgan fingerprint density at radius 2 is 1.93 bits per heavy atom. The van der Waals surface area contributed by atoms with Crippen molar-refractivity contribution in [2.75, 3.05) is 13.1 Å². The lowest BCUT2D eigenvalue weighted by Crippen LogP contribution is -2.37. The molecule has 0 saturated heterocycles. The van der Waals surface area contributed by atoms with E-state index in [9.17, 15) is 0 Å². The standard InChI is InChI=1S/C13H23N/c1-4-13-8-9-7-10(13)11(13)12(9)14(5-2)6-3/h9-12H,4-8H2,1-3H3/t9-,10-,11+,12+,13-/m0/s1. The minimum absolute atomic E-state index is 0.845. The van der Waals surface area contributed by atoms with Gasteiger partial charge in [0.25, 0.3) is 0 Å². The Labute approximate surface area is 87.9 Å². The topological polar surface area (TPSA) is 3.24 Å². The third kappa shape index (κ3) is 0.816. The average molecular weight is 193 g/mol. The molecule has 0 aromatic heterocycles. The summed E-state index contributed by atoms with van der Waals surface area (Å²) in [6, 6.07) is 0.981. The highest BCUT2D eigenvalue weighted by Crippen LogP contribution is 2.81. The van der Waals surface area contributed by atoms with E-state index in [1.54, 1.807) is 12.8 Å². The first-order valence-corrected chi connectivity index (χ1v) is 6.52. The Morgan fingerprint density at radius 1 is 1.21 bits per heavy atom. The van der Waals surface area contributed by atoms with Gasteiger partial charge in [-0.2, -0.15) is 0 Å². The molecule has 80 valence electrons. The number of hydrogen-bond donors (Lipinski definition) is 0. The van der Waals surface area contributed by atoms with Crippen molar-refractivity contribution < 1.29 is 0 Å². The molecule has 0 spiro atoms. The minimum Gasteiger partial charge on any atom is -0.300 e. The highest BCUT2D eigenvalue weighted by Gasteiger charge is 2.77. The molecule has 0 aliphatic heterocycles.